The van der Waals surface area contributed by atoms with Crippen LogP contribution in [0.25, 0.3) is 0 Å². The van der Waals surface area contributed by atoms with Gasteiger partial charge in [0, 0.05) is 24.3 Å². The molecule has 1 aliphatic heterocycles. The predicted molar refractivity (Wildman–Crippen MR) is 91.2 cm³/mol. The van der Waals surface area contributed by atoms with Gasteiger partial charge in [0.25, 0.3) is 0 Å². The van der Waals surface area contributed by atoms with Gasteiger partial charge < -0.3 is 4.90 Å². The van der Waals surface area contributed by atoms with Crippen molar-refractivity contribution >= 4 is 11.6 Å². The number of carbonyl (C=O) groups is 1. The number of amides is 1. The molecule has 120 valence electrons. The highest BCUT2D eigenvalue weighted by molar-refractivity contribution is 5.96. The van der Waals surface area contributed by atoms with Crippen LogP contribution in [0.3, 0.4) is 0 Å². The summed E-state index contributed by atoms with van der Waals surface area (Å²) in [6.07, 6.45) is 7.30. The third-order valence-corrected chi connectivity index (χ3v) is 5.19. The first kappa shape index (κ1) is 15.5. The van der Waals surface area contributed by atoms with Gasteiger partial charge in [-0.15, -0.1) is 0 Å². The SMILES string of the molecule is CC(C)N(CC(=O)N1CCCc2ccccc21)C1CCCC1. The number of rotatable bonds is 4. The van der Waals surface area contributed by atoms with Gasteiger partial charge in [-0.05, 0) is 51.2 Å². The summed E-state index contributed by atoms with van der Waals surface area (Å²) in [7, 11) is 0. The maximum absolute atomic E-state index is 12.9. The Morgan fingerprint density at radius 3 is 2.68 bits per heavy atom. The molecule has 1 heterocycles. The molecule has 22 heavy (non-hydrogen) atoms. The Bertz CT molecular complexity index is 520. The smallest absolute Gasteiger partial charge is 0.241 e. The van der Waals surface area contributed by atoms with Crippen molar-refractivity contribution in [2.75, 3.05) is 18.0 Å². The number of hydrogen-bond donors (Lipinski definition) is 0. The molecule has 1 fully saturated rings. The molecule has 1 amide bonds. The van der Waals surface area contributed by atoms with Crippen molar-refractivity contribution in [2.24, 2.45) is 0 Å². The van der Waals surface area contributed by atoms with Crippen molar-refractivity contribution in [3.05, 3.63) is 29.8 Å². The van der Waals surface area contributed by atoms with Crippen LogP contribution < -0.4 is 4.90 Å². The average Bonchev–Trinajstić information content (AvgIpc) is 3.05. The number of carbonyl (C=O) groups excluding carboxylic acids is 1. The summed E-state index contributed by atoms with van der Waals surface area (Å²) in [5.74, 6) is 0.271. The largest absolute Gasteiger partial charge is 0.311 e. The van der Waals surface area contributed by atoms with Crippen LogP contribution in [0, 0.1) is 0 Å². The minimum absolute atomic E-state index is 0.271. The second-order valence-electron chi connectivity index (χ2n) is 6.98. The Balaban J connectivity index is 1.73. The standard InChI is InChI=1S/C19H28N2O/c1-15(2)21(17-10-4-5-11-17)14-19(22)20-13-7-9-16-8-3-6-12-18(16)20/h3,6,8,12,15,17H,4-5,7,9-11,13-14H2,1-2H3. The quantitative estimate of drug-likeness (QED) is 0.848. The fourth-order valence-electron chi connectivity index (χ4n) is 4.00. The Morgan fingerprint density at radius 2 is 1.95 bits per heavy atom. The first-order valence-corrected chi connectivity index (χ1v) is 8.81. The first-order chi connectivity index (χ1) is 10.7. The number of anilines is 1. The molecule has 2 aliphatic rings. The molecule has 0 N–H and O–H groups in total. The lowest BCUT2D eigenvalue weighted by molar-refractivity contribution is -0.120. The minimum Gasteiger partial charge on any atom is -0.311 e. The number of nitrogens with zero attached hydrogens (tertiary/aromatic N) is 2. The van der Waals surface area contributed by atoms with Gasteiger partial charge >= 0.3 is 0 Å². The summed E-state index contributed by atoms with van der Waals surface area (Å²) in [5, 5.41) is 0. The molecule has 1 aromatic rings. The van der Waals surface area contributed by atoms with E-state index in [1.165, 1.54) is 31.2 Å². The molecule has 3 nitrogen and oxygen atoms in total. The molecule has 1 aromatic carbocycles. The minimum atomic E-state index is 0.271. The Kier molecular flexibility index (Phi) is 4.82. The molecule has 0 atom stereocenters. The number of para-hydroxylation sites is 1. The lowest BCUT2D eigenvalue weighted by atomic mass is 10.0. The normalized spacial score (nSPS) is 19.0. The van der Waals surface area contributed by atoms with Crippen LogP contribution in [-0.4, -0.2) is 36.0 Å². The zero-order valence-electron chi connectivity index (χ0n) is 13.9. The van der Waals surface area contributed by atoms with E-state index in [0.29, 0.717) is 18.6 Å². The maximum atomic E-state index is 12.9. The van der Waals surface area contributed by atoms with Crippen molar-refractivity contribution in [3.63, 3.8) is 0 Å². The second-order valence-corrected chi connectivity index (χ2v) is 6.98. The fraction of sp³-hybridized carbons (Fsp3) is 0.632. The van der Waals surface area contributed by atoms with Crippen LogP contribution >= 0.6 is 0 Å². The van der Waals surface area contributed by atoms with Crippen LogP contribution in [0.5, 0.6) is 0 Å². The monoisotopic (exact) mass is 300 g/mol. The maximum Gasteiger partial charge on any atom is 0.241 e. The van der Waals surface area contributed by atoms with Crippen LogP contribution in [0.2, 0.25) is 0 Å². The highest BCUT2D eigenvalue weighted by Crippen LogP contribution is 2.28. The Hall–Kier alpha value is -1.35. The van der Waals surface area contributed by atoms with E-state index in [0.717, 1.165) is 25.1 Å². The van der Waals surface area contributed by atoms with E-state index in [1.54, 1.807) is 0 Å². The summed E-state index contributed by atoms with van der Waals surface area (Å²) in [6.45, 7) is 5.87. The molecule has 0 bridgehead atoms. The van der Waals surface area contributed by atoms with Crippen molar-refractivity contribution in [1.82, 2.24) is 4.90 Å². The number of benzene rings is 1. The van der Waals surface area contributed by atoms with Crippen molar-refractivity contribution in [1.29, 1.82) is 0 Å². The molecule has 0 aromatic heterocycles. The van der Waals surface area contributed by atoms with Gasteiger partial charge in [-0.2, -0.15) is 0 Å². The molecule has 0 spiro atoms. The van der Waals surface area contributed by atoms with E-state index in [1.807, 2.05) is 11.0 Å². The van der Waals surface area contributed by atoms with Crippen molar-refractivity contribution < 1.29 is 4.79 Å². The second kappa shape index (κ2) is 6.82. The first-order valence-electron chi connectivity index (χ1n) is 8.81. The number of fused-ring (bicyclic) bond motifs is 1. The van der Waals surface area contributed by atoms with Crippen LogP contribution in [0.1, 0.15) is 51.5 Å². The molecule has 0 unspecified atom stereocenters. The average molecular weight is 300 g/mol. The van der Waals surface area contributed by atoms with Crippen LogP contribution in [0.15, 0.2) is 24.3 Å². The Morgan fingerprint density at radius 1 is 1.23 bits per heavy atom. The molecule has 0 saturated heterocycles. The van der Waals surface area contributed by atoms with Crippen molar-refractivity contribution in [2.45, 2.75) is 64.5 Å². The summed E-state index contributed by atoms with van der Waals surface area (Å²) < 4.78 is 0. The van der Waals surface area contributed by atoms with E-state index < -0.39 is 0 Å². The van der Waals surface area contributed by atoms with Gasteiger partial charge in [-0.1, -0.05) is 31.0 Å². The molecule has 0 radical (unpaired) electrons. The van der Waals surface area contributed by atoms with Gasteiger partial charge in [0.15, 0.2) is 0 Å². The summed E-state index contributed by atoms with van der Waals surface area (Å²) >= 11 is 0. The number of aryl methyl sites for hydroxylation is 1. The molecule has 1 saturated carbocycles. The van der Waals surface area contributed by atoms with E-state index in [2.05, 4.69) is 36.9 Å². The van der Waals surface area contributed by atoms with E-state index >= 15 is 0 Å². The lowest BCUT2D eigenvalue weighted by Gasteiger charge is -2.36. The summed E-state index contributed by atoms with van der Waals surface area (Å²) in [5.41, 5.74) is 2.45. The summed E-state index contributed by atoms with van der Waals surface area (Å²) in [4.78, 5) is 17.4. The molecule has 1 aliphatic carbocycles. The molecule has 3 rings (SSSR count). The third kappa shape index (κ3) is 3.19. The predicted octanol–water partition coefficient (Wildman–Crippen LogP) is 3.62. The lowest BCUT2D eigenvalue weighted by Crippen LogP contribution is -2.48. The zero-order valence-corrected chi connectivity index (χ0v) is 13.9. The van der Waals surface area contributed by atoms with Gasteiger partial charge in [-0.3, -0.25) is 9.69 Å². The van der Waals surface area contributed by atoms with Crippen LogP contribution in [-0.2, 0) is 11.2 Å². The molecular formula is C19H28N2O. The van der Waals surface area contributed by atoms with Crippen LogP contribution in [0.4, 0.5) is 5.69 Å². The number of hydrogen-bond acceptors (Lipinski definition) is 2. The van der Waals surface area contributed by atoms with Crippen molar-refractivity contribution in [3.8, 4) is 0 Å². The summed E-state index contributed by atoms with van der Waals surface area (Å²) in [6, 6.07) is 9.41. The molecular weight excluding hydrogens is 272 g/mol. The van der Waals surface area contributed by atoms with Gasteiger partial charge in [0.1, 0.15) is 0 Å². The van der Waals surface area contributed by atoms with E-state index in [4.69, 9.17) is 0 Å². The van der Waals surface area contributed by atoms with E-state index in [9.17, 15) is 4.79 Å². The topological polar surface area (TPSA) is 23.6 Å². The highest BCUT2D eigenvalue weighted by atomic mass is 16.2. The highest BCUT2D eigenvalue weighted by Gasteiger charge is 2.29. The third-order valence-electron chi connectivity index (χ3n) is 5.19. The van der Waals surface area contributed by atoms with E-state index in [-0.39, 0.29) is 5.91 Å². The fourth-order valence-corrected chi connectivity index (χ4v) is 4.00. The molecule has 3 heteroatoms. The van der Waals surface area contributed by atoms with Gasteiger partial charge in [0.2, 0.25) is 5.91 Å². The Labute approximate surface area is 134 Å². The van der Waals surface area contributed by atoms with Gasteiger partial charge in [-0.25, -0.2) is 0 Å². The van der Waals surface area contributed by atoms with Gasteiger partial charge in [0.05, 0.1) is 6.54 Å². The zero-order chi connectivity index (χ0) is 15.5.